The normalized spacial score (nSPS) is 16.3. The molecule has 2 aromatic heterocycles. The monoisotopic (exact) mass is 422 g/mol. The summed E-state index contributed by atoms with van der Waals surface area (Å²) in [7, 11) is 1.77. The zero-order chi connectivity index (χ0) is 21.1. The van der Waals surface area contributed by atoms with Gasteiger partial charge in [0, 0.05) is 37.2 Å². The van der Waals surface area contributed by atoms with Crippen molar-refractivity contribution in [1.82, 2.24) is 14.5 Å². The number of aromatic nitrogens is 2. The van der Waals surface area contributed by atoms with Gasteiger partial charge in [-0.1, -0.05) is 6.07 Å². The molecule has 0 radical (unpaired) electrons. The third kappa shape index (κ3) is 4.04. The number of hydrogen-bond donors (Lipinski definition) is 1. The number of hydrogen-bond acceptors (Lipinski definition) is 5. The first-order valence-corrected chi connectivity index (χ1v) is 10.7. The van der Waals surface area contributed by atoms with Crippen molar-refractivity contribution in [2.75, 3.05) is 11.9 Å². The van der Waals surface area contributed by atoms with Gasteiger partial charge in [-0.15, -0.1) is 11.3 Å². The molecule has 1 aromatic carbocycles. The van der Waals surface area contributed by atoms with Crippen LogP contribution in [0, 0.1) is 0 Å². The Balaban J connectivity index is 1.45. The predicted octanol–water partition coefficient (Wildman–Crippen LogP) is 3.35. The molecule has 0 aliphatic carbocycles. The highest BCUT2D eigenvalue weighted by Gasteiger charge is 2.33. The summed E-state index contributed by atoms with van der Waals surface area (Å²) < 4.78 is 1.67. The summed E-state index contributed by atoms with van der Waals surface area (Å²) >= 11 is 1.38. The van der Waals surface area contributed by atoms with Crippen LogP contribution in [-0.4, -0.2) is 44.6 Å². The molecule has 1 aliphatic heterocycles. The van der Waals surface area contributed by atoms with Crippen LogP contribution in [0.25, 0.3) is 0 Å². The lowest BCUT2D eigenvalue weighted by Crippen LogP contribution is -2.49. The van der Waals surface area contributed by atoms with Crippen molar-refractivity contribution >= 4 is 34.6 Å². The molecule has 7 nitrogen and oxygen atoms in total. The number of thiophene rings is 1. The van der Waals surface area contributed by atoms with Gasteiger partial charge in [0.2, 0.25) is 11.7 Å². The number of amides is 2. The zero-order valence-electron chi connectivity index (χ0n) is 16.6. The first-order valence-electron chi connectivity index (χ1n) is 9.82. The molecule has 1 N–H and O–H groups in total. The number of nitrogens with one attached hydrogen (secondary N) is 1. The minimum atomic E-state index is -0.498. The van der Waals surface area contributed by atoms with E-state index in [2.05, 4.69) is 10.3 Å². The van der Waals surface area contributed by atoms with Crippen LogP contribution in [0.4, 0.5) is 5.69 Å². The summed E-state index contributed by atoms with van der Waals surface area (Å²) in [5, 5.41) is 4.75. The van der Waals surface area contributed by atoms with E-state index in [9.17, 15) is 14.4 Å². The average molecular weight is 423 g/mol. The molecule has 154 valence electrons. The number of piperidine rings is 1. The zero-order valence-corrected chi connectivity index (χ0v) is 17.4. The second-order valence-electron chi connectivity index (χ2n) is 7.24. The Hall–Kier alpha value is -3.26. The van der Waals surface area contributed by atoms with E-state index in [0.29, 0.717) is 34.9 Å². The molecule has 30 heavy (non-hydrogen) atoms. The fourth-order valence-electron chi connectivity index (χ4n) is 3.63. The van der Waals surface area contributed by atoms with E-state index >= 15 is 0 Å². The number of carbonyl (C=O) groups is 3. The van der Waals surface area contributed by atoms with Crippen molar-refractivity contribution in [3.8, 4) is 0 Å². The number of benzene rings is 1. The first-order chi connectivity index (χ1) is 14.5. The quantitative estimate of drug-likeness (QED) is 0.639. The number of anilines is 1. The molecule has 0 spiro atoms. The van der Waals surface area contributed by atoms with Gasteiger partial charge >= 0.3 is 0 Å². The van der Waals surface area contributed by atoms with E-state index in [1.807, 2.05) is 11.4 Å². The highest BCUT2D eigenvalue weighted by atomic mass is 32.1. The van der Waals surface area contributed by atoms with Crippen molar-refractivity contribution in [2.24, 2.45) is 7.05 Å². The Morgan fingerprint density at radius 1 is 1.13 bits per heavy atom. The van der Waals surface area contributed by atoms with Crippen LogP contribution in [-0.2, 0) is 11.8 Å². The van der Waals surface area contributed by atoms with E-state index in [4.69, 9.17) is 0 Å². The van der Waals surface area contributed by atoms with Crippen LogP contribution in [0.15, 0.2) is 54.2 Å². The van der Waals surface area contributed by atoms with Crippen LogP contribution >= 0.6 is 11.3 Å². The Kier molecular flexibility index (Phi) is 5.76. The van der Waals surface area contributed by atoms with Crippen LogP contribution < -0.4 is 5.32 Å². The van der Waals surface area contributed by atoms with E-state index in [1.54, 1.807) is 59.2 Å². The number of rotatable bonds is 5. The van der Waals surface area contributed by atoms with E-state index in [1.165, 1.54) is 11.3 Å². The molecule has 1 saturated heterocycles. The first kappa shape index (κ1) is 20.0. The predicted molar refractivity (Wildman–Crippen MR) is 115 cm³/mol. The van der Waals surface area contributed by atoms with Crippen molar-refractivity contribution in [3.63, 3.8) is 0 Å². The van der Waals surface area contributed by atoms with Gasteiger partial charge in [-0.25, -0.2) is 4.98 Å². The highest BCUT2D eigenvalue weighted by molar-refractivity contribution is 7.12. The van der Waals surface area contributed by atoms with Gasteiger partial charge in [-0.3, -0.25) is 14.4 Å². The Morgan fingerprint density at radius 3 is 2.60 bits per heavy atom. The Labute approximate surface area is 178 Å². The largest absolute Gasteiger partial charge is 0.331 e. The molecule has 8 heteroatoms. The highest BCUT2D eigenvalue weighted by Crippen LogP contribution is 2.23. The molecular weight excluding hydrogens is 400 g/mol. The fraction of sp³-hybridized carbons (Fsp3) is 0.273. The van der Waals surface area contributed by atoms with Crippen molar-refractivity contribution in [1.29, 1.82) is 0 Å². The van der Waals surface area contributed by atoms with Crippen molar-refractivity contribution in [3.05, 3.63) is 70.4 Å². The van der Waals surface area contributed by atoms with Gasteiger partial charge in [-0.05, 0) is 55.0 Å². The van der Waals surface area contributed by atoms with Crippen molar-refractivity contribution < 1.29 is 14.4 Å². The number of likely N-dealkylation sites (tertiary alicyclic amines) is 1. The maximum Gasteiger partial charge on any atom is 0.264 e. The van der Waals surface area contributed by atoms with Gasteiger partial charge in [0.05, 0.1) is 4.88 Å². The topological polar surface area (TPSA) is 84.3 Å². The number of carbonyl (C=O) groups excluding carboxylic acids is 3. The van der Waals surface area contributed by atoms with Gasteiger partial charge in [0.15, 0.2) is 5.82 Å². The molecule has 1 fully saturated rings. The summed E-state index contributed by atoms with van der Waals surface area (Å²) in [6, 6.07) is 9.86. The smallest absolute Gasteiger partial charge is 0.264 e. The molecule has 4 rings (SSSR count). The van der Waals surface area contributed by atoms with Gasteiger partial charge in [0.25, 0.3) is 5.91 Å². The van der Waals surface area contributed by atoms with Gasteiger partial charge in [-0.2, -0.15) is 0 Å². The van der Waals surface area contributed by atoms with E-state index in [-0.39, 0.29) is 17.6 Å². The van der Waals surface area contributed by atoms with Gasteiger partial charge < -0.3 is 14.8 Å². The lowest BCUT2D eigenvalue weighted by Gasteiger charge is -2.34. The molecule has 2 amide bonds. The third-order valence-corrected chi connectivity index (χ3v) is 6.10. The molecular formula is C22H22N4O3S. The number of nitrogens with zero attached hydrogens (tertiary/aromatic N) is 3. The second kappa shape index (κ2) is 8.62. The minimum Gasteiger partial charge on any atom is -0.331 e. The maximum atomic E-state index is 12.9. The van der Waals surface area contributed by atoms with E-state index < -0.39 is 6.04 Å². The summed E-state index contributed by atoms with van der Waals surface area (Å²) in [4.78, 5) is 44.6. The number of imidazole rings is 1. The summed E-state index contributed by atoms with van der Waals surface area (Å²) in [6.45, 7) is 0.575. The molecule has 1 atom stereocenters. The Bertz CT molecular complexity index is 1060. The van der Waals surface area contributed by atoms with Crippen LogP contribution in [0.5, 0.6) is 0 Å². The lowest BCUT2D eigenvalue weighted by molar-refractivity contribution is -0.121. The lowest BCUT2D eigenvalue weighted by atomic mass is 10.0. The SMILES string of the molecule is Cn1ccnc1C(=O)c1ccc(NC(=O)[C@H]2CCCCN2C(=O)c2cccs2)cc1. The molecule has 0 unspecified atom stereocenters. The minimum absolute atomic E-state index is 0.0964. The van der Waals surface area contributed by atoms with Crippen LogP contribution in [0.2, 0.25) is 0 Å². The number of aryl methyl sites for hydroxylation is 1. The van der Waals surface area contributed by atoms with E-state index in [0.717, 1.165) is 12.8 Å². The maximum absolute atomic E-state index is 12.9. The van der Waals surface area contributed by atoms with Crippen molar-refractivity contribution in [2.45, 2.75) is 25.3 Å². The standard InChI is InChI=1S/C22H22N4O3S/c1-25-13-11-23-20(25)19(27)15-7-9-16(10-8-15)24-21(28)17-5-2-3-12-26(17)22(29)18-6-4-14-30-18/h4,6-11,13-14,17H,2-3,5,12H2,1H3,(H,24,28)/t17-/m1/s1. The molecule has 0 saturated carbocycles. The Morgan fingerprint density at radius 2 is 1.93 bits per heavy atom. The molecule has 3 aromatic rings. The van der Waals surface area contributed by atoms with Crippen LogP contribution in [0.1, 0.15) is 45.1 Å². The summed E-state index contributed by atoms with van der Waals surface area (Å²) in [5.41, 5.74) is 1.08. The average Bonchev–Trinajstić information content (AvgIpc) is 3.45. The molecule has 0 bridgehead atoms. The van der Waals surface area contributed by atoms with Crippen LogP contribution in [0.3, 0.4) is 0 Å². The third-order valence-electron chi connectivity index (χ3n) is 5.24. The molecule has 1 aliphatic rings. The summed E-state index contributed by atoms with van der Waals surface area (Å²) in [6.07, 6.45) is 5.73. The summed E-state index contributed by atoms with van der Waals surface area (Å²) in [5.74, 6) is -0.124. The second-order valence-corrected chi connectivity index (χ2v) is 8.19. The van der Waals surface area contributed by atoms with Gasteiger partial charge in [0.1, 0.15) is 6.04 Å². The fourth-order valence-corrected chi connectivity index (χ4v) is 4.31. The molecule has 3 heterocycles. The number of ketones is 1.